The average Bonchev–Trinajstić information content (AvgIpc) is 2.53. The van der Waals surface area contributed by atoms with Crippen LogP contribution in [-0.4, -0.2) is 0 Å². The Bertz CT molecular complexity index is 1090. The van der Waals surface area contributed by atoms with Crippen LogP contribution in [0.4, 0.5) is 8.78 Å². The molecule has 0 N–H and O–H groups in total. The molecule has 0 amide bonds. The van der Waals surface area contributed by atoms with E-state index in [1.165, 1.54) is 6.07 Å². The molecule has 0 aliphatic rings. The summed E-state index contributed by atoms with van der Waals surface area (Å²) in [6, 6.07) is 15.3. The van der Waals surface area contributed by atoms with Gasteiger partial charge in [-0.1, -0.05) is 30.3 Å². The fourth-order valence-electron chi connectivity index (χ4n) is 2.72. The summed E-state index contributed by atoms with van der Waals surface area (Å²) in [6.07, 6.45) is 0. The van der Waals surface area contributed by atoms with Crippen molar-refractivity contribution >= 4 is 21.7 Å². The number of halogens is 2. The van der Waals surface area contributed by atoms with Gasteiger partial charge in [0.05, 0.1) is 5.39 Å². The van der Waals surface area contributed by atoms with Gasteiger partial charge < -0.3 is 4.42 Å². The van der Waals surface area contributed by atoms with E-state index in [2.05, 4.69) is 0 Å². The maximum atomic E-state index is 13.4. The first-order chi connectivity index (χ1) is 11.1. The quantitative estimate of drug-likeness (QED) is 0.469. The third-order valence-corrected chi connectivity index (χ3v) is 3.77. The summed E-state index contributed by atoms with van der Waals surface area (Å²) in [5, 5.41) is 2.14. The van der Waals surface area contributed by atoms with Gasteiger partial charge in [-0.15, -0.1) is 0 Å². The first kappa shape index (κ1) is 13.6. The Labute approximate surface area is 129 Å². The molecule has 0 bridgehead atoms. The zero-order chi connectivity index (χ0) is 16.0. The summed E-state index contributed by atoms with van der Waals surface area (Å²) < 4.78 is 32.7. The molecule has 0 fully saturated rings. The van der Waals surface area contributed by atoms with Gasteiger partial charge in [0.15, 0.2) is 5.43 Å². The molecule has 0 radical (unpaired) electrons. The lowest BCUT2D eigenvalue weighted by atomic mass is 10.1. The number of fused-ring (bicyclic) bond motifs is 3. The van der Waals surface area contributed by atoms with Gasteiger partial charge in [-0.3, -0.25) is 4.79 Å². The van der Waals surface area contributed by atoms with Crippen molar-refractivity contribution in [3.8, 4) is 11.3 Å². The maximum Gasteiger partial charge on any atom is 0.193 e. The minimum Gasteiger partial charge on any atom is -0.455 e. The molecule has 0 saturated heterocycles. The molecule has 4 aromatic rings. The van der Waals surface area contributed by atoms with Gasteiger partial charge in [0.25, 0.3) is 0 Å². The topological polar surface area (TPSA) is 30.2 Å². The smallest absolute Gasteiger partial charge is 0.193 e. The Hall–Kier alpha value is -3.01. The van der Waals surface area contributed by atoms with E-state index in [9.17, 15) is 13.6 Å². The normalized spacial score (nSPS) is 11.2. The summed E-state index contributed by atoms with van der Waals surface area (Å²) in [5.41, 5.74) is 0.348. The van der Waals surface area contributed by atoms with Gasteiger partial charge in [0, 0.05) is 23.1 Å². The lowest BCUT2D eigenvalue weighted by Gasteiger charge is -2.06. The molecule has 0 atom stereocenters. The van der Waals surface area contributed by atoms with Crippen LogP contribution in [0.1, 0.15) is 0 Å². The van der Waals surface area contributed by atoms with E-state index in [-0.39, 0.29) is 16.8 Å². The predicted octanol–water partition coefficient (Wildman–Crippen LogP) is 4.89. The number of benzene rings is 3. The first-order valence-electron chi connectivity index (χ1n) is 7.04. The monoisotopic (exact) mass is 308 g/mol. The van der Waals surface area contributed by atoms with Crippen LogP contribution in [0.3, 0.4) is 0 Å². The second-order valence-corrected chi connectivity index (χ2v) is 5.30. The van der Waals surface area contributed by atoms with Crippen molar-refractivity contribution in [2.45, 2.75) is 0 Å². The van der Waals surface area contributed by atoms with Gasteiger partial charge >= 0.3 is 0 Å². The molecule has 112 valence electrons. The van der Waals surface area contributed by atoms with Crippen molar-refractivity contribution in [2.75, 3.05) is 0 Å². The highest BCUT2D eigenvalue weighted by Gasteiger charge is 2.11. The van der Waals surface area contributed by atoms with Gasteiger partial charge in [0.1, 0.15) is 23.0 Å². The van der Waals surface area contributed by atoms with Crippen molar-refractivity contribution in [2.24, 2.45) is 0 Å². The standard InChI is InChI=1S/C19H10F2O2/c20-13-7-12(8-14(21)9-13)18-10-17(22)16-6-5-11-3-1-2-4-15(11)19(16)23-18/h1-10H. The largest absolute Gasteiger partial charge is 0.455 e. The lowest BCUT2D eigenvalue weighted by molar-refractivity contribution is 0.579. The fourth-order valence-corrected chi connectivity index (χ4v) is 2.72. The van der Waals surface area contributed by atoms with Crippen molar-refractivity contribution in [1.82, 2.24) is 0 Å². The molecule has 1 heterocycles. The molecule has 0 unspecified atom stereocenters. The lowest BCUT2D eigenvalue weighted by Crippen LogP contribution is -2.01. The highest BCUT2D eigenvalue weighted by molar-refractivity contribution is 6.04. The molecule has 0 aliphatic heterocycles. The molecule has 1 aromatic heterocycles. The molecule has 2 nitrogen and oxygen atoms in total. The van der Waals surface area contributed by atoms with Crippen LogP contribution in [0, 0.1) is 11.6 Å². The number of hydrogen-bond donors (Lipinski definition) is 0. The van der Waals surface area contributed by atoms with Gasteiger partial charge in [-0.05, 0) is 23.6 Å². The van der Waals surface area contributed by atoms with Crippen LogP contribution >= 0.6 is 0 Å². The molecule has 23 heavy (non-hydrogen) atoms. The summed E-state index contributed by atoms with van der Waals surface area (Å²) >= 11 is 0. The Morgan fingerprint density at radius 3 is 2.30 bits per heavy atom. The minimum atomic E-state index is -0.722. The molecule has 4 heteroatoms. The summed E-state index contributed by atoms with van der Waals surface area (Å²) in [7, 11) is 0. The molecule has 0 saturated carbocycles. The third kappa shape index (κ3) is 2.28. The van der Waals surface area contributed by atoms with Crippen LogP contribution in [0.15, 0.2) is 69.9 Å². The van der Waals surface area contributed by atoms with Crippen LogP contribution in [0.25, 0.3) is 33.1 Å². The van der Waals surface area contributed by atoms with Crippen molar-refractivity contribution in [3.05, 3.63) is 82.5 Å². The molecular formula is C19H10F2O2. The molecule has 0 aliphatic carbocycles. The second-order valence-electron chi connectivity index (χ2n) is 5.30. The zero-order valence-electron chi connectivity index (χ0n) is 11.8. The molecule has 4 rings (SSSR count). The molecule has 0 spiro atoms. The van der Waals surface area contributed by atoms with E-state index >= 15 is 0 Å². The van der Waals surface area contributed by atoms with Crippen LogP contribution in [0.2, 0.25) is 0 Å². The second kappa shape index (κ2) is 5.02. The van der Waals surface area contributed by atoms with E-state index in [0.29, 0.717) is 11.0 Å². The summed E-state index contributed by atoms with van der Waals surface area (Å²) in [6.45, 7) is 0. The SMILES string of the molecule is O=c1cc(-c2cc(F)cc(F)c2)oc2c1ccc1ccccc12. The Kier molecular flexibility index (Phi) is 2.98. The van der Waals surface area contributed by atoms with Crippen molar-refractivity contribution in [1.29, 1.82) is 0 Å². The Morgan fingerprint density at radius 2 is 1.52 bits per heavy atom. The van der Waals surface area contributed by atoms with Gasteiger partial charge in [-0.2, -0.15) is 0 Å². The van der Waals surface area contributed by atoms with Crippen LogP contribution in [-0.2, 0) is 0 Å². The molecular weight excluding hydrogens is 298 g/mol. The van der Waals surface area contributed by atoms with Crippen LogP contribution < -0.4 is 5.43 Å². The first-order valence-corrected chi connectivity index (χ1v) is 7.04. The predicted molar refractivity (Wildman–Crippen MR) is 85.3 cm³/mol. The van der Waals surface area contributed by atoms with Crippen molar-refractivity contribution < 1.29 is 13.2 Å². The zero-order valence-corrected chi connectivity index (χ0v) is 11.8. The fraction of sp³-hybridized carbons (Fsp3) is 0. The third-order valence-electron chi connectivity index (χ3n) is 3.77. The van der Waals surface area contributed by atoms with E-state index in [1.54, 1.807) is 6.07 Å². The highest BCUT2D eigenvalue weighted by atomic mass is 19.1. The van der Waals surface area contributed by atoms with Gasteiger partial charge in [0.2, 0.25) is 0 Å². The Morgan fingerprint density at radius 1 is 0.783 bits per heavy atom. The highest BCUT2D eigenvalue weighted by Crippen LogP contribution is 2.28. The summed E-state index contributed by atoms with van der Waals surface area (Å²) in [5.74, 6) is -1.31. The number of rotatable bonds is 1. The molecule has 3 aromatic carbocycles. The summed E-state index contributed by atoms with van der Waals surface area (Å²) in [4.78, 5) is 12.3. The average molecular weight is 308 g/mol. The maximum absolute atomic E-state index is 13.4. The van der Waals surface area contributed by atoms with E-state index in [1.807, 2.05) is 30.3 Å². The minimum absolute atomic E-state index is 0.136. The number of hydrogen-bond acceptors (Lipinski definition) is 2. The van der Waals surface area contributed by atoms with E-state index < -0.39 is 11.6 Å². The van der Waals surface area contributed by atoms with Crippen molar-refractivity contribution in [3.63, 3.8) is 0 Å². The Balaban J connectivity index is 2.09. The van der Waals surface area contributed by atoms with E-state index in [0.717, 1.165) is 29.0 Å². The van der Waals surface area contributed by atoms with Crippen LogP contribution in [0.5, 0.6) is 0 Å². The van der Waals surface area contributed by atoms with E-state index in [4.69, 9.17) is 4.42 Å². The van der Waals surface area contributed by atoms with Gasteiger partial charge in [-0.25, -0.2) is 8.78 Å².